The Morgan fingerprint density at radius 1 is 1.33 bits per heavy atom. The van der Waals surface area contributed by atoms with E-state index >= 15 is 0 Å². The van der Waals surface area contributed by atoms with Crippen molar-refractivity contribution >= 4 is 17.2 Å². The fourth-order valence-corrected chi connectivity index (χ4v) is 2.38. The Labute approximate surface area is 109 Å². The minimum absolute atomic E-state index is 0.0145. The number of nitrogens with one attached hydrogen (secondary N) is 1. The minimum Gasteiger partial charge on any atom is -0.493 e. The maximum Gasteiger partial charge on any atom is 0.170 e. The van der Waals surface area contributed by atoms with E-state index in [2.05, 4.69) is 4.98 Å². The van der Waals surface area contributed by atoms with Crippen molar-refractivity contribution in [3.8, 4) is 22.1 Å². The lowest BCUT2D eigenvalue weighted by molar-refractivity contribution is 0.356. The Morgan fingerprint density at radius 2 is 2.11 bits per heavy atom. The standard InChI is InChI=1S/C12H13N3O2S/c1-16-8-5-3-4-7(10(8)17-2)12-15-6-9(18-12)11(13)14/h3-6H,1-2H3,(H3,13,14). The Balaban J connectivity index is 2.52. The number of nitrogen functional groups attached to an aromatic ring is 1. The first-order valence-electron chi connectivity index (χ1n) is 5.19. The lowest BCUT2D eigenvalue weighted by Gasteiger charge is -2.10. The number of methoxy groups -OCH3 is 2. The highest BCUT2D eigenvalue weighted by Gasteiger charge is 2.14. The molecule has 0 aliphatic heterocycles. The summed E-state index contributed by atoms with van der Waals surface area (Å²) in [6.07, 6.45) is 1.58. The molecule has 0 saturated carbocycles. The molecule has 0 saturated heterocycles. The van der Waals surface area contributed by atoms with Gasteiger partial charge < -0.3 is 15.2 Å². The molecule has 0 aliphatic carbocycles. The Bertz CT molecular complexity index is 580. The molecular formula is C12H13N3O2S. The zero-order valence-corrected chi connectivity index (χ0v) is 10.9. The molecule has 3 N–H and O–H groups in total. The summed E-state index contributed by atoms with van der Waals surface area (Å²) >= 11 is 1.35. The highest BCUT2D eigenvalue weighted by molar-refractivity contribution is 7.17. The van der Waals surface area contributed by atoms with Crippen molar-refractivity contribution in [1.82, 2.24) is 4.98 Å². The maximum absolute atomic E-state index is 7.38. The number of thiazole rings is 1. The molecule has 6 heteroatoms. The van der Waals surface area contributed by atoms with Crippen LogP contribution in [0.1, 0.15) is 4.88 Å². The van der Waals surface area contributed by atoms with E-state index in [1.165, 1.54) is 11.3 Å². The molecule has 18 heavy (non-hydrogen) atoms. The summed E-state index contributed by atoms with van der Waals surface area (Å²) in [5, 5.41) is 8.13. The van der Waals surface area contributed by atoms with Crippen LogP contribution in [0.15, 0.2) is 24.4 Å². The number of para-hydroxylation sites is 1. The van der Waals surface area contributed by atoms with Crippen LogP contribution in [0.5, 0.6) is 11.5 Å². The predicted molar refractivity (Wildman–Crippen MR) is 71.7 cm³/mol. The lowest BCUT2D eigenvalue weighted by Crippen LogP contribution is -2.08. The lowest BCUT2D eigenvalue weighted by atomic mass is 10.2. The second kappa shape index (κ2) is 5.05. The molecule has 0 atom stereocenters. The average Bonchev–Trinajstić information content (AvgIpc) is 2.87. The highest BCUT2D eigenvalue weighted by atomic mass is 32.1. The number of benzene rings is 1. The molecule has 2 rings (SSSR count). The molecule has 0 bridgehead atoms. The maximum atomic E-state index is 7.38. The van der Waals surface area contributed by atoms with E-state index in [4.69, 9.17) is 20.6 Å². The Kier molecular flexibility index (Phi) is 3.47. The van der Waals surface area contributed by atoms with E-state index in [1.807, 2.05) is 18.2 Å². The summed E-state index contributed by atoms with van der Waals surface area (Å²) in [7, 11) is 3.17. The number of hydrogen-bond donors (Lipinski definition) is 2. The van der Waals surface area contributed by atoms with Gasteiger partial charge in [-0.1, -0.05) is 6.07 Å². The van der Waals surface area contributed by atoms with Gasteiger partial charge >= 0.3 is 0 Å². The number of hydrogen-bond acceptors (Lipinski definition) is 5. The largest absolute Gasteiger partial charge is 0.493 e. The topological polar surface area (TPSA) is 81.2 Å². The van der Waals surface area contributed by atoms with Gasteiger partial charge in [0.2, 0.25) is 0 Å². The van der Waals surface area contributed by atoms with Crippen molar-refractivity contribution in [2.45, 2.75) is 0 Å². The molecule has 1 aromatic carbocycles. The molecule has 94 valence electrons. The van der Waals surface area contributed by atoms with Crippen molar-refractivity contribution in [3.05, 3.63) is 29.3 Å². The van der Waals surface area contributed by atoms with Crippen molar-refractivity contribution < 1.29 is 9.47 Å². The number of amidine groups is 1. The monoisotopic (exact) mass is 263 g/mol. The summed E-state index contributed by atoms with van der Waals surface area (Å²) < 4.78 is 10.6. The highest BCUT2D eigenvalue weighted by Crippen LogP contribution is 2.39. The zero-order chi connectivity index (χ0) is 13.1. The normalized spacial score (nSPS) is 10.1. The number of ether oxygens (including phenoxy) is 2. The molecule has 0 spiro atoms. The number of rotatable bonds is 4. The van der Waals surface area contributed by atoms with E-state index in [1.54, 1.807) is 20.4 Å². The molecule has 0 fully saturated rings. The second-order valence-corrected chi connectivity index (χ2v) is 4.52. The summed E-state index contributed by atoms with van der Waals surface area (Å²) in [4.78, 5) is 4.89. The molecular weight excluding hydrogens is 250 g/mol. The molecule has 2 aromatic rings. The second-order valence-electron chi connectivity index (χ2n) is 3.48. The van der Waals surface area contributed by atoms with Crippen LogP contribution in [0, 0.1) is 5.41 Å². The fraction of sp³-hybridized carbons (Fsp3) is 0.167. The van der Waals surface area contributed by atoms with Crippen LogP contribution in [0.2, 0.25) is 0 Å². The van der Waals surface area contributed by atoms with Crippen molar-refractivity contribution in [2.75, 3.05) is 14.2 Å². The van der Waals surface area contributed by atoms with Gasteiger partial charge in [-0.15, -0.1) is 11.3 Å². The molecule has 0 aliphatic rings. The van der Waals surface area contributed by atoms with E-state index in [0.29, 0.717) is 16.4 Å². The first-order chi connectivity index (χ1) is 8.67. The van der Waals surface area contributed by atoms with Crippen molar-refractivity contribution in [1.29, 1.82) is 5.41 Å². The zero-order valence-electron chi connectivity index (χ0n) is 10.1. The summed E-state index contributed by atoms with van der Waals surface area (Å²) in [6.45, 7) is 0. The molecule has 1 heterocycles. The molecule has 0 unspecified atom stereocenters. The van der Waals surface area contributed by atoms with E-state index in [0.717, 1.165) is 10.6 Å². The van der Waals surface area contributed by atoms with Crippen LogP contribution in [0.4, 0.5) is 0 Å². The molecule has 5 nitrogen and oxygen atoms in total. The Hall–Kier alpha value is -2.08. The molecule has 0 radical (unpaired) electrons. The summed E-state index contributed by atoms with van der Waals surface area (Å²) in [6, 6.07) is 5.58. The van der Waals surface area contributed by atoms with Crippen LogP contribution in [0.25, 0.3) is 10.6 Å². The summed E-state index contributed by atoms with van der Waals surface area (Å²) in [5.41, 5.74) is 6.26. The SMILES string of the molecule is COc1cccc(-c2ncc(C(=N)N)s2)c1OC. The van der Waals surface area contributed by atoms with Crippen LogP contribution in [-0.2, 0) is 0 Å². The average molecular weight is 263 g/mol. The van der Waals surface area contributed by atoms with E-state index in [9.17, 15) is 0 Å². The minimum atomic E-state index is 0.0145. The van der Waals surface area contributed by atoms with Gasteiger partial charge in [0, 0.05) is 6.20 Å². The van der Waals surface area contributed by atoms with Gasteiger partial charge in [0.15, 0.2) is 11.5 Å². The van der Waals surface area contributed by atoms with Gasteiger partial charge in [-0.3, -0.25) is 5.41 Å². The van der Waals surface area contributed by atoms with Crippen LogP contribution >= 0.6 is 11.3 Å². The smallest absolute Gasteiger partial charge is 0.170 e. The molecule has 0 amide bonds. The van der Waals surface area contributed by atoms with Gasteiger partial charge in [0.25, 0.3) is 0 Å². The first-order valence-corrected chi connectivity index (χ1v) is 6.00. The van der Waals surface area contributed by atoms with Gasteiger partial charge in [-0.2, -0.15) is 0 Å². The summed E-state index contributed by atoms with van der Waals surface area (Å²) in [5.74, 6) is 1.29. The van der Waals surface area contributed by atoms with Gasteiger partial charge in [-0.25, -0.2) is 4.98 Å². The predicted octanol–water partition coefficient (Wildman–Crippen LogP) is 2.11. The third-order valence-electron chi connectivity index (χ3n) is 2.40. The van der Waals surface area contributed by atoms with Gasteiger partial charge in [-0.05, 0) is 12.1 Å². The third-order valence-corrected chi connectivity index (χ3v) is 3.47. The molecule has 1 aromatic heterocycles. The third kappa shape index (κ3) is 2.14. The van der Waals surface area contributed by atoms with Gasteiger partial charge in [0.05, 0.1) is 24.7 Å². The van der Waals surface area contributed by atoms with Gasteiger partial charge in [0.1, 0.15) is 10.8 Å². The van der Waals surface area contributed by atoms with Crippen LogP contribution in [-0.4, -0.2) is 25.0 Å². The quantitative estimate of drug-likeness (QED) is 0.654. The first kappa shape index (κ1) is 12.4. The van der Waals surface area contributed by atoms with Crippen molar-refractivity contribution in [2.24, 2.45) is 5.73 Å². The van der Waals surface area contributed by atoms with Crippen molar-refractivity contribution in [3.63, 3.8) is 0 Å². The number of nitrogens with zero attached hydrogens (tertiary/aromatic N) is 1. The fourth-order valence-electron chi connectivity index (χ4n) is 1.58. The Morgan fingerprint density at radius 3 is 2.67 bits per heavy atom. The number of nitrogens with two attached hydrogens (primary N) is 1. The number of aromatic nitrogens is 1. The van der Waals surface area contributed by atoms with E-state index in [-0.39, 0.29) is 5.84 Å². The van der Waals surface area contributed by atoms with E-state index < -0.39 is 0 Å². The van der Waals surface area contributed by atoms with Crippen LogP contribution < -0.4 is 15.2 Å². The van der Waals surface area contributed by atoms with Crippen LogP contribution in [0.3, 0.4) is 0 Å².